The van der Waals surface area contributed by atoms with E-state index in [9.17, 15) is 9.59 Å². The molecule has 0 unspecified atom stereocenters. The first kappa shape index (κ1) is 22.1. The van der Waals surface area contributed by atoms with Gasteiger partial charge in [0, 0.05) is 12.2 Å². The summed E-state index contributed by atoms with van der Waals surface area (Å²) in [6.45, 7) is 3.63. The molecular weight excluding hydrogens is 222 g/mol. The van der Waals surface area contributed by atoms with Crippen LogP contribution < -0.4 is 0 Å². The van der Waals surface area contributed by atoms with E-state index in [1.165, 1.54) is 5.56 Å². The van der Waals surface area contributed by atoms with E-state index in [-0.39, 0.29) is 37.7 Å². The fourth-order valence-corrected chi connectivity index (χ4v) is 0.732. The van der Waals surface area contributed by atoms with Gasteiger partial charge >= 0.3 is 49.7 Å². The zero-order valence-corrected chi connectivity index (χ0v) is 8.54. The number of benzene rings is 1. The minimum atomic E-state index is -1.26. The van der Waals surface area contributed by atoms with Crippen molar-refractivity contribution in [3.05, 3.63) is 54.6 Å². The van der Waals surface area contributed by atoms with Gasteiger partial charge in [0.05, 0.1) is 0 Å². The first-order valence-electron chi connectivity index (χ1n) is 4.37. The zero-order chi connectivity index (χ0) is 12.4. The molecule has 0 heterocycles. The summed E-state index contributed by atoms with van der Waals surface area (Å²) in [5, 5.41) is 15.6. The van der Waals surface area contributed by atoms with Gasteiger partial charge < -0.3 is 10.2 Å². The summed E-state index contributed by atoms with van der Waals surface area (Å²) in [5.41, 5.74) is 1.17. The van der Waals surface area contributed by atoms with Crippen molar-refractivity contribution in [2.24, 2.45) is 0 Å². The fourth-order valence-electron chi connectivity index (χ4n) is 0.732. The molecule has 0 radical (unpaired) electrons. The van der Waals surface area contributed by atoms with Gasteiger partial charge in [0.1, 0.15) is 0 Å². The minimum absolute atomic E-state index is 0. The Balaban J connectivity index is -0.000000225. The first-order valence-corrected chi connectivity index (χ1v) is 4.37. The van der Waals surface area contributed by atoms with Gasteiger partial charge in [-0.3, -0.25) is 0 Å². The molecule has 0 bridgehead atoms. The topological polar surface area (TPSA) is 74.6 Å². The predicted molar refractivity (Wildman–Crippen MR) is 75.2 cm³/mol. The first-order chi connectivity index (χ1) is 7.56. The number of carboxylic acid groups (broad SMARTS) is 2. The third kappa shape index (κ3) is 14.8. The van der Waals surface area contributed by atoms with E-state index in [1.807, 2.05) is 36.4 Å². The standard InChI is InChI=1S/C8H8.C4H4O4.2Li.2H/c1-2-8-6-4-3-5-7-8;5-3(6)1-2-4(7)8;;;;/h2-7H,1H2;1-2H,(H,5,6)(H,7,8);;;;/b;2-1-;;;;. The molecule has 88 valence electrons. The summed E-state index contributed by atoms with van der Waals surface area (Å²) < 4.78 is 0. The molecule has 0 aliphatic rings. The molecule has 0 atom stereocenters. The van der Waals surface area contributed by atoms with E-state index in [4.69, 9.17) is 10.2 Å². The Labute approximate surface area is 130 Å². The Hall–Kier alpha value is -1.17. The molecular formula is C12H14Li2O4. The molecule has 0 spiro atoms. The summed E-state index contributed by atoms with van der Waals surface area (Å²) >= 11 is 0. The third-order valence-corrected chi connectivity index (χ3v) is 1.40. The zero-order valence-electron chi connectivity index (χ0n) is 8.54. The van der Waals surface area contributed by atoms with Crippen molar-refractivity contribution in [3.8, 4) is 0 Å². The van der Waals surface area contributed by atoms with Crippen LogP contribution in [0.25, 0.3) is 6.08 Å². The van der Waals surface area contributed by atoms with Crippen molar-refractivity contribution >= 4 is 55.7 Å². The van der Waals surface area contributed by atoms with Gasteiger partial charge in [0.25, 0.3) is 0 Å². The van der Waals surface area contributed by atoms with Crippen LogP contribution in [-0.2, 0) is 9.59 Å². The van der Waals surface area contributed by atoms with Crippen LogP contribution in [0.2, 0.25) is 0 Å². The molecule has 0 aliphatic heterocycles. The van der Waals surface area contributed by atoms with E-state index in [2.05, 4.69) is 6.58 Å². The van der Waals surface area contributed by atoms with E-state index < -0.39 is 11.9 Å². The number of rotatable bonds is 3. The Morgan fingerprint density at radius 1 is 0.944 bits per heavy atom. The second kappa shape index (κ2) is 13.9. The summed E-state index contributed by atoms with van der Waals surface area (Å²) in [6.07, 6.45) is 2.95. The maximum absolute atomic E-state index is 9.55. The molecule has 0 saturated carbocycles. The summed E-state index contributed by atoms with van der Waals surface area (Å²) in [7, 11) is 0. The second-order valence-electron chi connectivity index (χ2n) is 2.62. The molecule has 0 aliphatic carbocycles. The molecule has 1 rings (SSSR count). The van der Waals surface area contributed by atoms with Crippen LogP contribution >= 0.6 is 0 Å². The van der Waals surface area contributed by atoms with Gasteiger partial charge in [-0.15, -0.1) is 0 Å². The molecule has 4 nitrogen and oxygen atoms in total. The van der Waals surface area contributed by atoms with Crippen LogP contribution in [-0.4, -0.2) is 59.9 Å². The molecule has 2 N–H and O–H groups in total. The average molecular weight is 236 g/mol. The monoisotopic (exact) mass is 236 g/mol. The third-order valence-electron chi connectivity index (χ3n) is 1.40. The van der Waals surface area contributed by atoms with Gasteiger partial charge in [0.15, 0.2) is 0 Å². The van der Waals surface area contributed by atoms with Crippen molar-refractivity contribution in [1.82, 2.24) is 0 Å². The number of hydrogen-bond acceptors (Lipinski definition) is 2. The van der Waals surface area contributed by atoms with Crippen LogP contribution in [0.4, 0.5) is 0 Å². The summed E-state index contributed by atoms with van der Waals surface area (Å²) in [5.74, 6) is -2.51. The quantitative estimate of drug-likeness (QED) is 0.599. The predicted octanol–water partition coefficient (Wildman–Crippen LogP) is 0.744. The van der Waals surface area contributed by atoms with E-state index >= 15 is 0 Å². The van der Waals surface area contributed by atoms with Gasteiger partial charge in [0.2, 0.25) is 0 Å². The number of aliphatic carboxylic acids is 2. The van der Waals surface area contributed by atoms with Crippen LogP contribution in [0.3, 0.4) is 0 Å². The SMILES string of the molecule is C=Cc1ccccc1.O=C(O)/C=C\C(=O)O.[LiH].[LiH]. The number of hydrogen-bond donors (Lipinski definition) is 2. The Morgan fingerprint density at radius 2 is 1.33 bits per heavy atom. The molecule has 0 amide bonds. The summed E-state index contributed by atoms with van der Waals surface area (Å²) in [4.78, 5) is 19.1. The van der Waals surface area contributed by atoms with Crippen LogP contribution in [0, 0.1) is 0 Å². The molecule has 1 aromatic carbocycles. The van der Waals surface area contributed by atoms with Crippen LogP contribution in [0.1, 0.15) is 5.56 Å². The van der Waals surface area contributed by atoms with Crippen LogP contribution in [0.15, 0.2) is 49.1 Å². The molecule has 18 heavy (non-hydrogen) atoms. The van der Waals surface area contributed by atoms with Gasteiger partial charge in [-0.2, -0.15) is 0 Å². The van der Waals surface area contributed by atoms with E-state index in [1.54, 1.807) is 0 Å². The number of carbonyl (C=O) groups is 2. The molecule has 0 fully saturated rings. The Bertz CT molecular complexity index is 372. The molecule has 0 aromatic heterocycles. The van der Waals surface area contributed by atoms with Gasteiger partial charge in [-0.25, -0.2) is 9.59 Å². The van der Waals surface area contributed by atoms with Crippen molar-refractivity contribution in [2.45, 2.75) is 0 Å². The van der Waals surface area contributed by atoms with Crippen molar-refractivity contribution < 1.29 is 19.8 Å². The molecule has 0 saturated heterocycles. The van der Waals surface area contributed by atoms with Gasteiger partial charge in [-0.1, -0.05) is 43.0 Å². The van der Waals surface area contributed by atoms with Crippen molar-refractivity contribution in [1.29, 1.82) is 0 Å². The molecule has 1 aromatic rings. The van der Waals surface area contributed by atoms with Crippen molar-refractivity contribution in [3.63, 3.8) is 0 Å². The normalized spacial score (nSPS) is 8.00. The van der Waals surface area contributed by atoms with Gasteiger partial charge in [-0.05, 0) is 5.56 Å². The second-order valence-corrected chi connectivity index (χ2v) is 2.62. The number of carboxylic acids is 2. The molecule has 6 heteroatoms. The Kier molecular flexibility index (Phi) is 17.0. The van der Waals surface area contributed by atoms with Crippen LogP contribution in [0.5, 0.6) is 0 Å². The Morgan fingerprint density at radius 3 is 1.56 bits per heavy atom. The van der Waals surface area contributed by atoms with E-state index in [0.717, 1.165) is 0 Å². The fraction of sp³-hybridized carbons (Fsp3) is 0. The van der Waals surface area contributed by atoms with E-state index in [0.29, 0.717) is 12.2 Å². The van der Waals surface area contributed by atoms with Crippen molar-refractivity contribution in [2.75, 3.05) is 0 Å². The summed E-state index contributed by atoms with van der Waals surface area (Å²) in [6, 6.07) is 10.0. The average Bonchev–Trinajstić information content (AvgIpc) is 2.28. The maximum atomic E-state index is 9.55.